The highest BCUT2D eigenvalue weighted by Crippen LogP contribution is 2.22. The van der Waals surface area contributed by atoms with E-state index >= 15 is 0 Å². The van der Waals surface area contributed by atoms with Crippen molar-refractivity contribution in [3.63, 3.8) is 0 Å². The van der Waals surface area contributed by atoms with Gasteiger partial charge >= 0.3 is 0 Å². The van der Waals surface area contributed by atoms with E-state index in [2.05, 4.69) is 65.6 Å². The molecule has 1 aromatic carbocycles. The smallest absolute Gasteiger partial charge is 0.191 e. The standard InChI is InChI=1S/C20H28N4/c1-20(2,3)17-10-8-16(9-11-17)15-24-19(21-4)23-14-12-18-7-5-6-13-22-18/h5-11,13H,12,14-15H2,1-4H3,(H2,21,23,24). The largest absolute Gasteiger partial charge is 0.356 e. The fourth-order valence-electron chi connectivity index (χ4n) is 2.38. The summed E-state index contributed by atoms with van der Waals surface area (Å²) in [6.45, 7) is 8.25. The molecule has 0 aliphatic rings. The average Bonchev–Trinajstić information content (AvgIpc) is 2.58. The Hall–Kier alpha value is -2.36. The molecular formula is C20H28N4. The van der Waals surface area contributed by atoms with E-state index in [-0.39, 0.29) is 5.41 Å². The number of guanidine groups is 1. The maximum Gasteiger partial charge on any atom is 0.191 e. The quantitative estimate of drug-likeness (QED) is 0.655. The Morgan fingerprint density at radius 1 is 1.04 bits per heavy atom. The van der Waals surface area contributed by atoms with Crippen molar-refractivity contribution in [2.45, 2.75) is 39.2 Å². The van der Waals surface area contributed by atoms with Gasteiger partial charge in [-0.1, -0.05) is 51.1 Å². The molecule has 0 unspecified atom stereocenters. The number of hydrogen-bond donors (Lipinski definition) is 2. The third kappa shape index (κ3) is 5.69. The number of nitrogens with one attached hydrogen (secondary N) is 2. The Bertz CT molecular complexity index is 640. The molecule has 0 aliphatic heterocycles. The van der Waals surface area contributed by atoms with Crippen molar-refractivity contribution in [2.24, 2.45) is 4.99 Å². The van der Waals surface area contributed by atoms with Gasteiger partial charge in [0.05, 0.1) is 0 Å². The van der Waals surface area contributed by atoms with E-state index < -0.39 is 0 Å². The molecule has 2 rings (SSSR count). The van der Waals surface area contributed by atoms with Gasteiger partial charge in [0.1, 0.15) is 0 Å². The van der Waals surface area contributed by atoms with E-state index in [4.69, 9.17) is 0 Å². The summed E-state index contributed by atoms with van der Waals surface area (Å²) in [5.74, 6) is 0.811. The number of nitrogens with zero attached hydrogens (tertiary/aromatic N) is 2. The number of benzene rings is 1. The molecule has 0 aliphatic carbocycles. The van der Waals surface area contributed by atoms with Crippen LogP contribution in [0.4, 0.5) is 0 Å². The van der Waals surface area contributed by atoms with E-state index in [0.29, 0.717) is 0 Å². The second-order valence-electron chi connectivity index (χ2n) is 6.87. The van der Waals surface area contributed by atoms with E-state index in [1.54, 1.807) is 7.05 Å². The van der Waals surface area contributed by atoms with Crippen LogP contribution in [0.2, 0.25) is 0 Å². The van der Waals surface area contributed by atoms with Crippen molar-refractivity contribution < 1.29 is 0 Å². The van der Waals surface area contributed by atoms with Crippen molar-refractivity contribution >= 4 is 5.96 Å². The Morgan fingerprint density at radius 2 is 1.79 bits per heavy atom. The molecular weight excluding hydrogens is 296 g/mol. The Kier molecular flexibility index (Phi) is 6.36. The highest BCUT2D eigenvalue weighted by Gasteiger charge is 2.12. The topological polar surface area (TPSA) is 49.3 Å². The van der Waals surface area contributed by atoms with Crippen LogP contribution >= 0.6 is 0 Å². The molecule has 2 N–H and O–H groups in total. The lowest BCUT2D eigenvalue weighted by atomic mass is 9.87. The highest BCUT2D eigenvalue weighted by molar-refractivity contribution is 5.79. The number of pyridine rings is 1. The molecule has 0 bridgehead atoms. The van der Waals surface area contributed by atoms with Crippen LogP contribution in [0.3, 0.4) is 0 Å². The summed E-state index contributed by atoms with van der Waals surface area (Å²) in [5.41, 5.74) is 3.87. The molecule has 0 saturated carbocycles. The minimum Gasteiger partial charge on any atom is -0.356 e. The van der Waals surface area contributed by atoms with Crippen molar-refractivity contribution in [3.8, 4) is 0 Å². The van der Waals surface area contributed by atoms with E-state index in [0.717, 1.165) is 31.2 Å². The van der Waals surface area contributed by atoms with Crippen molar-refractivity contribution in [3.05, 3.63) is 65.5 Å². The molecule has 0 radical (unpaired) electrons. The Labute approximate surface area is 145 Å². The van der Waals surface area contributed by atoms with E-state index in [1.807, 2.05) is 24.4 Å². The molecule has 0 fully saturated rings. The van der Waals surface area contributed by atoms with Gasteiger partial charge in [0.2, 0.25) is 0 Å². The lowest BCUT2D eigenvalue weighted by Crippen LogP contribution is -2.37. The maximum atomic E-state index is 4.32. The lowest BCUT2D eigenvalue weighted by molar-refractivity contribution is 0.590. The van der Waals surface area contributed by atoms with Crippen LogP contribution in [0.1, 0.15) is 37.6 Å². The molecule has 0 amide bonds. The minimum atomic E-state index is 0.190. The van der Waals surface area contributed by atoms with Crippen LogP contribution in [0.5, 0.6) is 0 Å². The summed E-state index contributed by atoms with van der Waals surface area (Å²) in [5, 5.41) is 6.67. The first-order valence-corrected chi connectivity index (χ1v) is 8.43. The summed E-state index contributed by atoms with van der Waals surface area (Å²) < 4.78 is 0. The predicted molar refractivity (Wildman–Crippen MR) is 101 cm³/mol. The fraction of sp³-hybridized carbons (Fsp3) is 0.400. The van der Waals surface area contributed by atoms with Gasteiger partial charge in [-0.2, -0.15) is 0 Å². The normalized spacial score (nSPS) is 12.1. The van der Waals surface area contributed by atoms with Crippen LogP contribution in [0.15, 0.2) is 53.7 Å². The summed E-state index contributed by atoms with van der Waals surface area (Å²) >= 11 is 0. The maximum absolute atomic E-state index is 4.32. The molecule has 1 heterocycles. The summed E-state index contributed by atoms with van der Waals surface area (Å²) in [4.78, 5) is 8.59. The average molecular weight is 324 g/mol. The SMILES string of the molecule is CN=C(NCCc1ccccn1)NCc1ccc(C(C)(C)C)cc1. The number of aromatic nitrogens is 1. The molecule has 2 aromatic rings. The first-order chi connectivity index (χ1) is 11.5. The van der Waals surface area contributed by atoms with Crippen molar-refractivity contribution in [1.82, 2.24) is 15.6 Å². The Balaban J connectivity index is 1.79. The molecule has 4 nitrogen and oxygen atoms in total. The number of aliphatic imine (C=N–C) groups is 1. The first-order valence-electron chi connectivity index (χ1n) is 8.43. The lowest BCUT2D eigenvalue weighted by Gasteiger charge is -2.19. The first kappa shape index (κ1) is 18.0. The highest BCUT2D eigenvalue weighted by atomic mass is 15.2. The molecule has 24 heavy (non-hydrogen) atoms. The van der Waals surface area contributed by atoms with Crippen LogP contribution in [0, 0.1) is 0 Å². The molecule has 0 spiro atoms. The fourth-order valence-corrected chi connectivity index (χ4v) is 2.38. The Morgan fingerprint density at radius 3 is 2.38 bits per heavy atom. The minimum absolute atomic E-state index is 0.190. The van der Waals surface area contributed by atoms with Crippen LogP contribution in [0.25, 0.3) is 0 Å². The summed E-state index contributed by atoms with van der Waals surface area (Å²) in [6, 6.07) is 14.7. The van der Waals surface area contributed by atoms with Gasteiger partial charge in [0, 0.05) is 38.4 Å². The molecule has 1 aromatic heterocycles. The third-order valence-electron chi connectivity index (χ3n) is 3.90. The molecule has 0 atom stereocenters. The van der Waals surface area contributed by atoms with Gasteiger partial charge in [0.25, 0.3) is 0 Å². The monoisotopic (exact) mass is 324 g/mol. The van der Waals surface area contributed by atoms with Gasteiger partial charge in [-0.25, -0.2) is 0 Å². The number of hydrogen-bond acceptors (Lipinski definition) is 2. The predicted octanol–water partition coefficient (Wildman–Crippen LogP) is 3.29. The van der Waals surface area contributed by atoms with Gasteiger partial charge in [0.15, 0.2) is 5.96 Å². The van der Waals surface area contributed by atoms with Crippen LogP contribution in [-0.2, 0) is 18.4 Å². The summed E-state index contributed by atoms with van der Waals surface area (Å²) in [6.07, 6.45) is 2.70. The second-order valence-corrected chi connectivity index (χ2v) is 6.87. The third-order valence-corrected chi connectivity index (χ3v) is 3.90. The van der Waals surface area contributed by atoms with Gasteiger partial charge in [-0.15, -0.1) is 0 Å². The molecule has 4 heteroatoms. The molecule has 0 saturated heterocycles. The van der Waals surface area contributed by atoms with Crippen molar-refractivity contribution in [1.29, 1.82) is 0 Å². The van der Waals surface area contributed by atoms with Gasteiger partial charge in [-0.3, -0.25) is 9.98 Å². The molecule has 128 valence electrons. The zero-order valence-electron chi connectivity index (χ0n) is 15.1. The van der Waals surface area contributed by atoms with Gasteiger partial charge in [-0.05, 0) is 28.7 Å². The number of rotatable bonds is 5. The summed E-state index contributed by atoms with van der Waals surface area (Å²) in [7, 11) is 1.79. The second kappa shape index (κ2) is 8.48. The van der Waals surface area contributed by atoms with Crippen molar-refractivity contribution in [2.75, 3.05) is 13.6 Å². The van der Waals surface area contributed by atoms with Crippen LogP contribution < -0.4 is 10.6 Å². The van der Waals surface area contributed by atoms with Crippen LogP contribution in [-0.4, -0.2) is 24.5 Å². The zero-order chi connectivity index (χ0) is 17.4. The van der Waals surface area contributed by atoms with Gasteiger partial charge < -0.3 is 10.6 Å². The zero-order valence-corrected chi connectivity index (χ0v) is 15.1. The van der Waals surface area contributed by atoms with E-state index in [9.17, 15) is 0 Å². The van der Waals surface area contributed by atoms with E-state index in [1.165, 1.54) is 11.1 Å².